The lowest BCUT2D eigenvalue weighted by Gasteiger charge is -1.82. The zero-order valence-electron chi connectivity index (χ0n) is 5.25. The van der Waals surface area contributed by atoms with Crippen LogP contribution in [0.2, 0.25) is 0 Å². The quantitative estimate of drug-likeness (QED) is 0.341. The molecule has 0 aromatic carbocycles. The second kappa shape index (κ2) is 4.84. The molecule has 0 spiro atoms. The third-order valence-electron chi connectivity index (χ3n) is 0.655. The smallest absolute Gasteiger partial charge is 0.122 e. The Labute approximate surface area is 55.1 Å². The van der Waals surface area contributed by atoms with E-state index >= 15 is 0 Å². The Kier molecular flexibility index (Phi) is 4.14. The van der Waals surface area contributed by atoms with Crippen LogP contribution in [0.5, 0.6) is 0 Å². The molecule has 0 saturated carbocycles. The van der Waals surface area contributed by atoms with Gasteiger partial charge in [-0.2, -0.15) is 0 Å². The van der Waals surface area contributed by atoms with Crippen molar-refractivity contribution >= 4 is 5.84 Å². The van der Waals surface area contributed by atoms with Crippen LogP contribution in [0.15, 0.2) is 42.6 Å². The number of nitrogens with zero attached hydrogens (tertiary/aromatic N) is 1. The standard InChI is InChI=1S/C7H10N2/c1-3-5-6-9-7(8)4-2/h3-6H,1-2H2,(H2,8,9)/b6-5-. The maximum atomic E-state index is 5.26. The second-order valence-electron chi connectivity index (χ2n) is 1.34. The van der Waals surface area contributed by atoms with Crippen LogP contribution in [0.4, 0.5) is 0 Å². The molecule has 48 valence electrons. The number of nitrogens with two attached hydrogens (primary N) is 1. The maximum absolute atomic E-state index is 5.26. The first-order valence-corrected chi connectivity index (χ1v) is 2.54. The molecule has 2 N–H and O–H groups in total. The largest absolute Gasteiger partial charge is 0.384 e. The van der Waals surface area contributed by atoms with E-state index in [0.717, 1.165) is 0 Å². The van der Waals surface area contributed by atoms with Gasteiger partial charge in [-0.15, -0.1) is 0 Å². The zero-order valence-corrected chi connectivity index (χ0v) is 5.25. The van der Waals surface area contributed by atoms with E-state index in [0.29, 0.717) is 5.84 Å². The van der Waals surface area contributed by atoms with Crippen molar-refractivity contribution in [2.45, 2.75) is 0 Å². The van der Waals surface area contributed by atoms with Crippen molar-refractivity contribution in [3.05, 3.63) is 37.6 Å². The minimum Gasteiger partial charge on any atom is -0.384 e. The zero-order chi connectivity index (χ0) is 7.11. The first-order chi connectivity index (χ1) is 4.31. The molecular formula is C7H10N2. The monoisotopic (exact) mass is 122 g/mol. The molecule has 0 heterocycles. The molecule has 0 aromatic rings. The number of amidine groups is 1. The average Bonchev–Trinajstić information content (AvgIpc) is 1.89. The summed E-state index contributed by atoms with van der Waals surface area (Å²) in [7, 11) is 0. The van der Waals surface area contributed by atoms with Gasteiger partial charge in [0.15, 0.2) is 0 Å². The summed E-state index contributed by atoms with van der Waals surface area (Å²) < 4.78 is 0. The van der Waals surface area contributed by atoms with Crippen molar-refractivity contribution in [3.8, 4) is 0 Å². The number of allylic oxidation sites excluding steroid dienone is 2. The van der Waals surface area contributed by atoms with Gasteiger partial charge < -0.3 is 5.73 Å². The summed E-state index contributed by atoms with van der Waals surface area (Å²) in [5.41, 5.74) is 5.26. The first-order valence-electron chi connectivity index (χ1n) is 2.54. The van der Waals surface area contributed by atoms with Gasteiger partial charge in [0.2, 0.25) is 0 Å². The summed E-state index contributed by atoms with van der Waals surface area (Å²) in [6, 6.07) is 0. The van der Waals surface area contributed by atoms with Crippen LogP contribution < -0.4 is 5.73 Å². The van der Waals surface area contributed by atoms with Crippen molar-refractivity contribution < 1.29 is 0 Å². The molecule has 2 nitrogen and oxygen atoms in total. The van der Waals surface area contributed by atoms with E-state index in [9.17, 15) is 0 Å². The summed E-state index contributed by atoms with van der Waals surface area (Å²) in [6.45, 7) is 6.88. The molecule has 0 radical (unpaired) electrons. The average molecular weight is 122 g/mol. The number of rotatable bonds is 3. The highest BCUT2D eigenvalue weighted by Crippen LogP contribution is 1.76. The molecule has 0 saturated heterocycles. The number of hydrogen-bond donors (Lipinski definition) is 1. The summed E-state index contributed by atoms with van der Waals surface area (Å²) in [5.74, 6) is 0.410. The SMILES string of the molecule is C=C/C=C\N=C(\N)C=C. The molecule has 9 heavy (non-hydrogen) atoms. The molecular weight excluding hydrogens is 112 g/mol. The predicted molar refractivity (Wildman–Crippen MR) is 41.2 cm³/mol. The molecule has 0 bridgehead atoms. The molecule has 2 heteroatoms. The van der Waals surface area contributed by atoms with Crippen LogP contribution in [-0.2, 0) is 0 Å². The Morgan fingerprint density at radius 3 is 2.56 bits per heavy atom. The van der Waals surface area contributed by atoms with E-state index in [1.807, 2.05) is 0 Å². The highest BCUT2D eigenvalue weighted by atomic mass is 14.8. The Morgan fingerprint density at radius 1 is 1.44 bits per heavy atom. The second-order valence-corrected chi connectivity index (χ2v) is 1.34. The molecule has 0 aliphatic rings. The van der Waals surface area contributed by atoms with Crippen molar-refractivity contribution in [3.63, 3.8) is 0 Å². The van der Waals surface area contributed by atoms with Crippen LogP contribution >= 0.6 is 0 Å². The Bertz CT molecular complexity index is 154. The van der Waals surface area contributed by atoms with Gasteiger partial charge in [0.1, 0.15) is 5.84 Å². The van der Waals surface area contributed by atoms with E-state index in [2.05, 4.69) is 18.2 Å². The Morgan fingerprint density at radius 2 is 2.11 bits per heavy atom. The van der Waals surface area contributed by atoms with E-state index in [1.54, 1.807) is 18.4 Å². The highest BCUT2D eigenvalue weighted by Gasteiger charge is 1.72. The summed E-state index contributed by atoms with van der Waals surface area (Å²) >= 11 is 0. The van der Waals surface area contributed by atoms with E-state index in [1.165, 1.54) is 6.08 Å². The van der Waals surface area contributed by atoms with Gasteiger partial charge in [0.25, 0.3) is 0 Å². The lowest BCUT2D eigenvalue weighted by atomic mass is 10.5. The molecule has 0 aliphatic heterocycles. The fourth-order valence-electron chi connectivity index (χ4n) is 0.243. The summed E-state index contributed by atoms with van der Waals surface area (Å²) in [4.78, 5) is 3.76. The molecule has 0 rings (SSSR count). The lowest BCUT2D eigenvalue weighted by Crippen LogP contribution is -2.05. The van der Waals surface area contributed by atoms with Crippen LogP contribution in [0.25, 0.3) is 0 Å². The van der Waals surface area contributed by atoms with Crippen molar-refractivity contribution in [2.75, 3.05) is 0 Å². The molecule has 0 fully saturated rings. The molecule has 0 atom stereocenters. The normalized spacial score (nSPS) is 11.8. The fraction of sp³-hybridized carbons (Fsp3) is 0. The van der Waals surface area contributed by atoms with Gasteiger partial charge in [0.05, 0.1) is 0 Å². The van der Waals surface area contributed by atoms with Gasteiger partial charge in [0, 0.05) is 6.20 Å². The maximum Gasteiger partial charge on any atom is 0.122 e. The van der Waals surface area contributed by atoms with Crippen LogP contribution in [0.1, 0.15) is 0 Å². The van der Waals surface area contributed by atoms with Crippen molar-refractivity contribution in [1.29, 1.82) is 0 Å². The first kappa shape index (κ1) is 7.69. The Balaban J connectivity index is 3.81. The van der Waals surface area contributed by atoms with Gasteiger partial charge in [-0.25, -0.2) is 4.99 Å². The minimum atomic E-state index is 0.410. The van der Waals surface area contributed by atoms with Crippen LogP contribution in [-0.4, -0.2) is 5.84 Å². The number of hydrogen-bond acceptors (Lipinski definition) is 1. The third kappa shape index (κ3) is 4.55. The summed E-state index contributed by atoms with van der Waals surface area (Å²) in [5, 5.41) is 0. The summed E-state index contributed by atoms with van der Waals surface area (Å²) in [6.07, 6.45) is 6.35. The van der Waals surface area contributed by atoms with Crippen molar-refractivity contribution in [1.82, 2.24) is 0 Å². The lowest BCUT2D eigenvalue weighted by molar-refractivity contribution is 1.51. The minimum absolute atomic E-state index is 0.410. The Hall–Kier alpha value is -1.31. The fourth-order valence-corrected chi connectivity index (χ4v) is 0.243. The van der Waals surface area contributed by atoms with Gasteiger partial charge >= 0.3 is 0 Å². The predicted octanol–water partition coefficient (Wildman–Crippen LogP) is 1.23. The van der Waals surface area contributed by atoms with Gasteiger partial charge in [-0.3, -0.25) is 0 Å². The van der Waals surface area contributed by atoms with Crippen molar-refractivity contribution in [2.24, 2.45) is 10.7 Å². The van der Waals surface area contributed by atoms with Gasteiger partial charge in [-0.1, -0.05) is 19.2 Å². The topological polar surface area (TPSA) is 38.4 Å². The highest BCUT2D eigenvalue weighted by molar-refractivity contribution is 5.91. The van der Waals surface area contributed by atoms with Crippen LogP contribution in [0, 0.1) is 0 Å². The van der Waals surface area contributed by atoms with Crippen LogP contribution in [0.3, 0.4) is 0 Å². The number of aliphatic imine (C=N–C) groups is 1. The molecule has 0 aromatic heterocycles. The third-order valence-corrected chi connectivity index (χ3v) is 0.655. The molecule has 0 aliphatic carbocycles. The molecule has 0 amide bonds. The molecule has 0 unspecified atom stereocenters. The van der Waals surface area contributed by atoms with E-state index in [4.69, 9.17) is 5.73 Å². The van der Waals surface area contributed by atoms with E-state index < -0.39 is 0 Å². The van der Waals surface area contributed by atoms with Gasteiger partial charge in [-0.05, 0) is 12.2 Å². The van der Waals surface area contributed by atoms with E-state index in [-0.39, 0.29) is 0 Å².